The lowest BCUT2D eigenvalue weighted by molar-refractivity contribution is 0.0697. The summed E-state index contributed by atoms with van der Waals surface area (Å²) in [6.45, 7) is 2.71. The number of nitrogens with one attached hydrogen (secondary N) is 1. The second-order valence-corrected chi connectivity index (χ2v) is 6.08. The van der Waals surface area contributed by atoms with Crippen LogP contribution in [0.5, 0.6) is 5.75 Å². The van der Waals surface area contributed by atoms with Crippen molar-refractivity contribution in [1.29, 1.82) is 0 Å². The summed E-state index contributed by atoms with van der Waals surface area (Å²) in [5.74, 6) is -0.00165. The summed E-state index contributed by atoms with van der Waals surface area (Å²) in [5.41, 5.74) is 6.63. The lowest BCUT2D eigenvalue weighted by Crippen LogP contribution is -2.03. The highest BCUT2D eigenvalue weighted by Crippen LogP contribution is 2.34. The summed E-state index contributed by atoms with van der Waals surface area (Å²) < 4.78 is 5.66. The minimum Gasteiger partial charge on any atom is -0.489 e. The Hall–Kier alpha value is -3.27. The first kappa shape index (κ1) is 15.3. The number of aromatic nitrogens is 1. The van der Waals surface area contributed by atoms with Crippen molar-refractivity contribution in [2.24, 2.45) is 0 Å². The Labute approximate surface area is 145 Å². The summed E-state index contributed by atoms with van der Waals surface area (Å²) in [6, 6.07) is 17.1. The molecule has 4 nitrogen and oxygen atoms in total. The van der Waals surface area contributed by atoms with Gasteiger partial charge < -0.3 is 14.8 Å². The van der Waals surface area contributed by atoms with Crippen LogP contribution in [0, 0.1) is 0 Å². The third-order valence-corrected chi connectivity index (χ3v) is 4.47. The molecule has 1 aromatic heterocycles. The van der Waals surface area contributed by atoms with Gasteiger partial charge in [0.15, 0.2) is 0 Å². The molecule has 0 atom stereocenters. The average Bonchev–Trinajstić information content (AvgIpc) is 3.12. The van der Waals surface area contributed by atoms with Crippen LogP contribution in [0.25, 0.3) is 28.1 Å². The summed E-state index contributed by atoms with van der Waals surface area (Å²) >= 11 is 0. The molecule has 0 spiro atoms. The maximum absolute atomic E-state index is 11.0. The van der Waals surface area contributed by atoms with Crippen molar-refractivity contribution in [3.05, 3.63) is 71.8 Å². The Morgan fingerprint density at radius 3 is 2.40 bits per heavy atom. The summed E-state index contributed by atoms with van der Waals surface area (Å²) in [5, 5.41) is 8.99. The molecule has 0 fully saturated rings. The molecule has 3 aromatic rings. The zero-order valence-corrected chi connectivity index (χ0v) is 13.7. The fourth-order valence-electron chi connectivity index (χ4n) is 3.02. The second-order valence-electron chi connectivity index (χ2n) is 6.08. The Kier molecular flexibility index (Phi) is 3.65. The number of benzene rings is 2. The van der Waals surface area contributed by atoms with Crippen molar-refractivity contribution in [3.63, 3.8) is 0 Å². The molecule has 0 saturated carbocycles. The molecule has 2 heterocycles. The second kappa shape index (κ2) is 5.98. The third-order valence-electron chi connectivity index (χ3n) is 4.47. The Balaban J connectivity index is 1.67. The summed E-state index contributed by atoms with van der Waals surface area (Å²) in [7, 11) is 0. The highest BCUT2D eigenvalue weighted by molar-refractivity contribution is 5.88. The van der Waals surface area contributed by atoms with E-state index in [0.29, 0.717) is 6.61 Å². The van der Waals surface area contributed by atoms with Crippen LogP contribution >= 0.6 is 0 Å². The molecule has 0 saturated heterocycles. The van der Waals surface area contributed by atoms with E-state index >= 15 is 0 Å². The van der Waals surface area contributed by atoms with Gasteiger partial charge in [-0.2, -0.15) is 0 Å². The van der Waals surface area contributed by atoms with Gasteiger partial charge in [-0.3, -0.25) is 0 Å². The Bertz CT molecular complexity index is 981. The maximum atomic E-state index is 11.0. The third kappa shape index (κ3) is 2.83. The van der Waals surface area contributed by atoms with E-state index in [-0.39, 0.29) is 5.56 Å². The number of carboxylic acid groups (broad SMARTS) is 1. The molecular weight excluding hydrogens is 314 g/mol. The van der Waals surface area contributed by atoms with Crippen molar-refractivity contribution in [3.8, 4) is 28.3 Å². The first-order valence-electron chi connectivity index (χ1n) is 8.09. The molecule has 0 unspecified atom stereocenters. The molecule has 4 rings (SSSR count). The standard InChI is InChI=1S/C21H17NO3/c1-13-10-11-25-20-9-6-16(12-17(13)20)19-8-7-18(22-19)14-2-4-15(5-3-14)21(23)24/h2-10,12,22H,11H2,1H3,(H,23,24). The van der Waals surface area contributed by atoms with Crippen molar-refractivity contribution < 1.29 is 14.6 Å². The molecule has 124 valence electrons. The molecule has 2 N–H and O–H groups in total. The molecule has 4 heteroatoms. The van der Waals surface area contributed by atoms with Crippen LogP contribution < -0.4 is 4.74 Å². The van der Waals surface area contributed by atoms with Crippen LogP contribution in [0.3, 0.4) is 0 Å². The number of ether oxygens (including phenoxy) is 1. The fourth-order valence-corrected chi connectivity index (χ4v) is 3.02. The summed E-state index contributed by atoms with van der Waals surface area (Å²) in [6.07, 6.45) is 2.08. The number of carboxylic acids is 1. The number of allylic oxidation sites excluding steroid dienone is 1. The van der Waals surface area contributed by atoms with Gasteiger partial charge in [0.2, 0.25) is 0 Å². The monoisotopic (exact) mass is 331 g/mol. The predicted octanol–water partition coefficient (Wildman–Crippen LogP) is 4.84. The van der Waals surface area contributed by atoms with Gasteiger partial charge in [-0.1, -0.05) is 12.1 Å². The van der Waals surface area contributed by atoms with E-state index in [2.05, 4.69) is 24.1 Å². The highest BCUT2D eigenvalue weighted by atomic mass is 16.5. The Morgan fingerprint density at radius 2 is 1.68 bits per heavy atom. The summed E-state index contributed by atoms with van der Waals surface area (Å²) in [4.78, 5) is 14.4. The molecule has 0 bridgehead atoms. The molecule has 1 aliphatic heterocycles. The van der Waals surface area contributed by atoms with E-state index in [0.717, 1.165) is 33.8 Å². The fraction of sp³-hybridized carbons (Fsp3) is 0.0952. The van der Waals surface area contributed by atoms with Crippen molar-refractivity contribution >= 4 is 11.5 Å². The molecule has 1 aliphatic rings. The highest BCUT2D eigenvalue weighted by Gasteiger charge is 2.13. The minimum absolute atomic E-state index is 0.285. The first-order valence-corrected chi connectivity index (χ1v) is 8.09. The van der Waals surface area contributed by atoms with E-state index in [9.17, 15) is 4.79 Å². The topological polar surface area (TPSA) is 62.3 Å². The van der Waals surface area contributed by atoms with E-state index in [1.165, 1.54) is 5.57 Å². The first-order chi connectivity index (χ1) is 12.1. The smallest absolute Gasteiger partial charge is 0.335 e. The molecule has 0 amide bonds. The van der Waals surface area contributed by atoms with Gasteiger partial charge >= 0.3 is 5.97 Å². The van der Waals surface area contributed by atoms with Gasteiger partial charge in [0.05, 0.1) is 5.56 Å². The average molecular weight is 331 g/mol. The normalized spacial score (nSPS) is 12.9. The van der Waals surface area contributed by atoms with Gasteiger partial charge in [0.25, 0.3) is 0 Å². The lowest BCUT2D eigenvalue weighted by atomic mass is 10.0. The lowest BCUT2D eigenvalue weighted by Gasteiger charge is -2.17. The van der Waals surface area contributed by atoms with Crippen LogP contribution in [-0.2, 0) is 0 Å². The molecule has 0 aliphatic carbocycles. The van der Waals surface area contributed by atoms with E-state index in [4.69, 9.17) is 9.84 Å². The van der Waals surface area contributed by atoms with Crippen LogP contribution in [0.2, 0.25) is 0 Å². The van der Waals surface area contributed by atoms with E-state index in [1.54, 1.807) is 12.1 Å². The number of aromatic carboxylic acids is 1. The number of carbonyl (C=O) groups is 1. The van der Waals surface area contributed by atoms with Gasteiger partial charge in [-0.15, -0.1) is 0 Å². The van der Waals surface area contributed by atoms with Crippen LogP contribution in [0.15, 0.2) is 60.7 Å². The predicted molar refractivity (Wildman–Crippen MR) is 97.8 cm³/mol. The van der Waals surface area contributed by atoms with E-state index in [1.807, 2.05) is 36.4 Å². The van der Waals surface area contributed by atoms with Crippen molar-refractivity contribution in [2.75, 3.05) is 6.61 Å². The van der Waals surface area contributed by atoms with E-state index < -0.39 is 5.97 Å². The quantitative estimate of drug-likeness (QED) is 0.721. The molecule has 25 heavy (non-hydrogen) atoms. The number of rotatable bonds is 3. The molecule has 2 aromatic carbocycles. The number of hydrogen-bond donors (Lipinski definition) is 2. The van der Waals surface area contributed by atoms with Crippen LogP contribution in [-0.4, -0.2) is 22.7 Å². The zero-order valence-electron chi connectivity index (χ0n) is 13.7. The number of fused-ring (bicyclic) bond motifs is 1. The number of aromatic amines is 1. The largest absolute Gasteiger partial charge is 0.489 e. The number of H-pyrrole nitrogens is 1. The van der Waals surface area contributed by atoms with Gasteiger partial charge in [0.1, 0.15) is 12.4 Å². The van der Waals surface area contributed by atoms with Crippen LogP contribution in [0.4, 0.5) is 0 Å². The SMILES string of the molecule is CC1=CCOc2ccc(-c3ccc(-c4ccc(C(=O)O)cc4)[nH]3)cc21. The maximum Gasteiger partial charge on any atom is 0.335 e. The number of hydrogen-bond acceptors (Lipinski definition) is 2. The molecular formula is C21H17NO3. The van der Waals surface area contributed by atoms with Gasteiger partial charge in [-0.25, -0.2) is 4.79 Å². The zero-order chi connectivity index (χ0) is 17.4. The Morgan fingerprint density at radius 1 is 1.00 bits per heavy atom. The minimum atomic E-state index is -0.918. The van der Waals surface area contributed by atoms with Gasteiger partial charge in [0, 0.05) is 17.0 Å². The van der Waals surface area contributed by atoms with Crippen LogP contribution in [0.1, 0.15) is 22.8 Å². The van der Waals surface area contributed by atoms with Crippen molar-refractivity contribution in [1.82, 2.24) is 4.98 Å². The van der Waals surface area contributed by atoms with Gasteiger partial charge in [-0.05, 0) is 72.2 Å². The van der Waals surface area contributed by atoms with Crippen molar-refractivity contribution in [2.45, 2.75) is 6.92 Å². The molecule has 0 radical (unpaired) electrons.